The molecule has 16 nitrogen and oxygen atoms in total. The van der Waals surface area contributed by atoms with Crippen LogP contribution >= 0.6 is 11.6 Å². The van der Waals surface area contributed by atoms with Crippen molar-refractivity contribution in [3.8, 4) is 0 Å². The van der Waals surface area contributed by atoms with Crippen molar-refractivity contribution in [1.29, 1.82) is 0 Å². The fourth-order valence-corrected chi connectivity index (χ4v) is 9.37. The van der Waals surface area contributed by atoms with Gasteiger partial charge >= 0.3 is 30.2 Å². The first-order chi connectivity index (χ1) is 30.2. The summed E-state index contributed by atoms with van der Waals surface area (Å²) in [7, 11) is 0. The number of nitrogen functional groups attached to an aromatic ring is 1. The maximum absolute atomic E-state index is 14.2. The second-order valence-electron chi connectivity index (χ2n) is 16.7. The number of rotatable bonds is 10. The highest BCUT2D eigenvalue weighted by atomic mass is 35.5. The lowest BCUT2D eigenvalue weighted by atomic mass is 9.99. The number of piperidine rings is 2. The second kappa shape index (κ2) is 20.8. The second-order valence-corrected chi connectivity index (χ2v) is 17.1. The number of esters is 1. The molecule has 7 rings (SSSR count). The maximum Gasteiger partial charge on any atom is 0.418 e. The summed E-state index contributed by atoms with van der Waals surface area (Å²) in [6, 6.07) is 9.43. The van der Waals surface area contributed by atoms with Crippen LogP contribution in [0.2, 0.25) is 5.02 Å². The number of hydrogen-bond acceptors (Lipinski definition) is 11. The minimum Gasteiger partial charge on any atom is -0.458 e. The zero-order valence-corrected chi connectivity index (χ0v) is 36.0. The van der Waals surface area contributed by atoms with Gasteiger partial charge in [0, 0.05) is 103 Å². The molecule has 2 aromatic rings. The normalized spacial score (nSPS) is 20.4. The number of nitrogens with two attached hydrogens (primary N) is 1. The van der Waals surface area contributed by atoms with Crippen LogP contribution in [-0.4, -0.2) is 176 Å². The van der Waals surface area contributed by atoms with Crippen molar-refractivity contribution in [2.75, 3.05) is 109 Å². The van der Waals surface area contributed by atoms with Crippen molar-refractivity contribution < 1.29 is 51.4 Å². The zero-order chi connectivity index (χ0) is 44.7. The summed E-state index contributed by atoms with van der Waals surface area (Å²) in [5.74, 6) is -2.06. The fraction of sp³-hybridized carbons (Fsp3) is 0.605. The molecule has 0 spiro atoms. The Labute approximate surface area is 369 Å². The van der Waals surface area contributed by atoms with E-state index < -0.39 is 47.4 Å². The fourth-order valence-electron chi connectivity index (χ4n) is 9.13. The number of fused-ring (bicyclic) bond motifs is 1. The van der Waals surface area contributed by atoms with E-state index in [0.717, 1.165) is 37.0 Å². The van der Waals surface area contributed by atoms with Gasteiger partial charge in [-0.1, -0.05) is 29.8 Å². The lowest BCUT2D eigenvalue weighted by Gasteiger charge is -2.43. The van der Waals surface area contributed by atoms with Crippen molar-refractivity contribution in [2.45, 2.75) is 69.3 Å². The average Bonchev–Trinajstić information content (AvgIpc) is 3.46. The first-order valence-electron chi connectivity index (χ1n) is 21.8. The van der Waals surface area contributed by atoms with Gasteiger partial charge < -0.3 is 44.9 Å². The number of hydrogen-bond donors (Lipinski definition) is 2. The molecule has 1 atom stereocenters. The standard InChI is InChI=1S/C43H56ClF3N8O8/c44-34-27-29(26-33(37(34)48)43(45,46)47)28-36(63-42(60)54-14-9-32(10-15-54)55-16-6-30-4-1-2-5-35(30)49-41(55)59)38(56)52-12-7-31(8-13-52)51-17-19-53(20-18-51)39(57)40(58)62-23-3-11-50-21-24-61-25-22-50/h1-2,4-5,26-27,31-32,36H,3,6-25,28,48H2,(H,49,59)/t36-/m1/s1. The lowest BCUT2D eigenvalue weighted by molar-refractivity contribution is -0.161. The molecule has 5 aliphatic heterocycles. The minimum atomic E-state index is -4.82. The van der Waals surface area contributed by atoms with Crippen LogP contribution < -0.4 is 11.1 Å². The van der Waals surface area contributed by atoms with Gasteiger partial charge in [0.1, 0.15) is 0 Å². The van der Waals surface area contributed by atoms with Crippen molar-refractivity contribution in [2.24, 2.45) is 0 Å². The summed E-state index contributed by atoms with van der Waals surface area (Å²) < 4.78 is 58.3. The number of urea groups is 1. The summed E-state index contributed by atoms with van der Waals surface area (Å²) in [4.78, 5) is 77.2. The molecule has 0 aliphatic carbocycles. The Morgan fingerprint density at radius 2 is 1.52 bits per heavy atom. The first kappa shape index (κ1) is 46.2. The zero-order valence-electron chi connectivity index (χ0n) is 35.3. The largest absolute Gasteiger partial charge is 0.458 e. The van der Waals surface area contributed by atoms with E-state index in [4.69, 9.17) is 31.5 Å². The highest BCUT2D eigenvalue weighted by molar-refractivity contribution is 6.33. The van der Waals surface area contributed by atoms with Gasteiger partial charge in [-0.05, 0) is 67.9 Å². The molecule has 4 saturated heterocycles. The van der Waals surface area contributed by atoms with Gasteiger partial charge in [-0.3, -0.25) is 19.4 Å². The van der Waals surface area contributed by atoms with Crippen LogP contribution in [0.3, 0.4) is 0 Å². The number of nitrogens with one attached hydrogen (secondary N) is 1. The molecule has 63 heavy (non-hydrogen) atoms. The molecule has 0 saturated carbocycles. The van der Waals surface area contributed by atoms with Crippen molar-refractivity contribution in [1.82, 2.24) is 29.4 Å². The number of carbonyl (C=O) groups is 5. The van der Waals surface area contributed by atoms with Crippen LogP contribution in [0.25, 0.3) is 0 Å². The van der Waals surface area contributed by atoms with E-state index in [-0.39, 0.29) is 54.8 Å². The molecule has 4 fully saturated rings. The number of likely N-dealkylation sites (tertiary alicyclic amines) is 2. The van der Waals surface area contributed by atoms with Crippen molar-refractivity contribution in [3.63, 3.8) is 0 Å². The molecule has 0 unspecified atom stereocenters. The lowest BCUT2D eigenvalue weighted by Crippen LogP contribution is -2.56. The molecule has 3 N–H and O–H groups in total. The van der Waals surface area contributed by atoms with E-state index in [0.29, 0.717) is 97.6 Å². The SMILES string of the molecule is Nc1c(Cl)cc(C[C@@H](OC(=O)N2CCC(N3CCc4ccccc4NC3=O)CC2)C(=O)N2CCC(N3CCN(C(=O)C(=O)OCCCN4CCOCC4)CC3)CC2)cc1C(F)(F)F. The van der Waals surface area contributed by atoms with Gasteiger partial charge in [-0.15, -0.1) is 0 Å². The molecule has 2 aromatic carbocycles. The number of para-hydroxylation sites is 1. The topological polar surface area (TPSA) is 171 Å². The van der Waals surface area contributed by atoms with Crippen LogP contribution in [0.4, 0.5) is 34.1 Å². The van der Waals surface area contributed by atoms with Crippen LogP contribution in [-0.2, 0) is 47.6 Å². The minimum absolute atomic E-state index is 0.0266. The van der Waals surface area contributed by atoms with E-state index in [9.17, 15) is 37.1 Å². The Morgan fingerprint density at radius 1 is 0.857 bits per heavy atom. The molecule has 0 aromatic heterocycles. The molecule has 5 aliphatic rings. The summed E-state index contributed by atoms with van der Waals surface area (Å²) in [5.41, 5.74) is 5.74. The molecule has 5 amide bonds. The average molecular weight is 905 g/mol. The third-order valence-electron chi connectivity index (χ3n) is 12.8. The van der Waals surface area contributed by atoms with Gasteiger partial charge in [0.25, 0.3) is 5.91 Å². The molecular formula is C43H56ClF3N8O8. The van der Waals surface area contributed by atoms with Gasteiger partial charge in [0.15, 0.2) is 6.10 Å². The Bertz CT molecular complexity index is 1970. The number of carbonyl (C=O) groups excluding carboxylic acids is 5. The summed E-state index contributed by atoms with van der Waals surface area (Å²) >= 11 is 6.15. The number of halogens is 4. The number of alkyl halides is 3. The highest BCUT2D eigenvalue weighted by Crippen LogP contribution is 2.38. The van der Waals surface area contributed by atoms with E-state index in [1.807, 2.05) is 24.3 Å². The number of benzene rings is 2. The van der Waals surface area contributed by atoms with E-state index in [1.165, 1.54) is 15.9 Å². The summed E-state index contributed by atoms with van der Waals surface area (Å²) in [6.45, 7) is 7.30. The van der Waals surface area contributed by atoms with Gasteiger partial charge in [-0.2, -0.15) is 13.2 Å². The number of nitrogens with zero attached hydrogens (tertiary/aromatic N) is 6. The van der Waals surface area contributed by atoms with Gasteiger partial charge in [0.2, 0.25) is 0 Å². The third-order valence-corrected chi connectivity index (χ3v) is 13.1. The summed E-state index contributed by atoms with van der Waals surface area (Å²) in [5, 5.41) is 2.64. The number of amides is 5. The predicted octanol–water partition coefficient (Wildman–Crippen LogP) is 3.94. The van der Waals surface area contributed by atoms with E-state index in [1.54, 1.807) is 9.80 Å². The van der Waals surface area contributed by atoms with E-state index >= 15 is 0 Å². The molecule has 0 bridgehead atoms. The van der Waals surface area contributed by atoms with Crippen LogP contribution in [0, 0.1) is 0 Å². The molecular weight excluding hydrogens is 849 g/mol. The van der Waals surface area contributed by atoms with Crippen molar-refractivity contribution >= 4 is 52.9 Å². The quantitative estimate of drug-likeness (QED) is 0.153. The Kier molecular flexibility index (Phi) is 15.2. The van der Waals surface area contributed by atoms with E-state index in [2.05, 4.69) is 15.1 Å². The smallest absolute Gasteiger partial charge is 0.418 e. The summed E-state index contributed by atoms with van der Waals surface area (Å²) in [6.07, 6.45) is -4.05. The Morgan fingerprint density at radius 3 is 2.22 bits per heavy atom. The molecule has 20 heteroatoms. The first-order valence-corrected chi connectivity index (χ1v) is 22.2. The Balaban J connectivity index is 0.922. The molecule has 344 valence electrons. The number of anilines is 2. The van der Waals surface area contributed by atoms with Crippen LogP contribution in [0.15, 0.2) is 36.4 Å². The van der Waals surface area contributed by atoms with Gasteiger partial charge in [-0.25, -0.2) is 14.4 Å². The van der Waals surface area contributed by atoms with Crippen LogP contribution in [0.5, 0.6) is 0 Å². The number of piperazine rings is 1. The van der Waals surface area contributed by atoms with Crippen LogP contribution in [0.1, 0.15) is 48.8 Å². The maximum atomic E-state index is 14.2. The third kappa shape index (κ3) is 11.6. The molecule has 5 heterocycles. The Hall–Kier alpha value is -4.85. The number of morpholine rings is 1. The van der Waals surface area contributed by atoms with Crippen molar-refractivity contribution in [3.05, 3.63) is 58.1 Å². The molecule has 0 radical (unpaired) electrons. The van der Waals surface area contributed by atoms with Gasteiger partial charge in [0.05, 0.1) is 36.1 Å². The predicted molar refractivity (Wildman–Crippen MR) is 226 cm³/mol. The number of ether oxygens (including phenoxy) is 3. The monoisotopic (exact) mass is 904 g/mol. The highest BCUT2D eigenvalue weighted by Gasteiger charge is 2.39.